The number of nitrogens with one attached hydrogen (secondary N) is 15. The summed E-state index contributed by atoms with van der Waals surface area (Å²) in [6.07, 6.45) is 3.29. The Hall–Kier alpha value is -9.43. The van der Waals surface area contributed by atoms with E-state index < -0.39 is 191 Å². The first-order valence-corrected chi connectivity index (χ1v) is 41.3. The lowest BCUT2D eigenvalue weighted by atomic mass is 9.98. The van der Waals surface area contributed by atoms with Gasteiger partial charge in [0.05, 0.1) is 12.1 Å². The molecule has 28 N–H and O–H groups in total. The van der Waals surface area contributed by atoms with Crippen LogP contribution in [-0.2, 0) is 78.3 Å². The summed E-state index contributed by atoms with van der Waals surface area (Å²) < 4.78 is 0. The molecule has 0 saturated heterocycles. The third-order valence-electron chi connectivity index (χ3n) is 19.4. The fraction of sp³-hybridized carbons (Fsp3) is 0.713. The van der Waals surface area contributed by atoms with Gasteiger partial charge >= 0.3 is 0 Å². The Labute approximate surface area is 689 Å². The summed E-state index contributed by atoms with van der Waals surface area (Å²) in [5.74, 6) is -13.3. The van der Waals surface area contributed by atoms with Gasteiger partial charge in [-0.3, -0.25) is 71.9 Å². The Morgan fingerprint density at radius 3 is 0.957 bits per heavy atom. The van der Waals surface area contributed by atoms with Gasteiger partial charge in [-0.05, 0) is 205 Å². The fourth-order valence-corrected chi connectivity index (χ4v) is 12.7. The quantitative estimate of drug-likeness (QED) is 0.0323. The van der Waals surface area contributed by atoms with Gasteiger partial charge in [0, 0.05) is 23.5 Å². The molecule has 0 aliphatic heterocycles. The van der Waals surface area contributed by atoms with E-state index in [4.69, 9.17) is 34.4 Å². The molecule has 15 amide bonds. The average molecular weight is 1650 g/mol. The molecule has 37 nitrogen and oxygen atoms in total. The first-order valence-electron chi connectivity index (χ1n) is 41.3. The van der Waals surface area contributed by atoms with Gasteiger partial charge in [-0.15, -0.1) is 0 Å². The summed E-state index contributed by atoms with van der Waals surface area (Å²) >= 11 is 0. The molecule has 0 saturated carbocycles. The second-order valence-electron chi connectivity index (χ2n) is 32.6. The molecular formula is C80H141N21O16. The highest BCUT2D eigenvalue weighted by atomic mass is 16.3. The molecule has 1 aromatic heterocycles. The smallest absolute Gasteiger partial charge is 0.245 e. The number of nitrogens with two attached hydrogens (primary N) is 6. The number of benzene rings is 1. The van der Waals surface area contributed by atoms with E-state index >= 15 is 0 Å². The van der Waals surface area contributed by atoms with E-state index in [1.807, 2.05) is 38.1 Å². The molecule has 16 atom stereocenters. The molecule has 0 bridgehead atoms. The molecule has 0 radical (unpaired) electrons. The number of H-pyrrole nitrogens is 1. The van der Waals surface area contributed by atoms with Crippen molar-refractivity contribution in [1.82, 2.24) is 79.4 Å². The van der Waals surface area contributed by atoms with Crippen LogP contribution in [0.5, 0.6) is 0 Å². The molecule has 662 valence electrons. The number of aliphatic hydroxyl groups is 1. The van der Waals surface area contributed by atoms with Gasteiger partial charge in [-0.1, -0.05) is 87.4 Å². The minimum absolute atomic E-state index is 0.00109. The summed E-state index contributed by atoms with van der Waals surface area (Å²) in [5.41, 5.74) is 35.9. The highest BCUT2D eigenvalue weighted by Crippen LogP contribution is 2.21. The standard InChI is InChI=1S/C80H141N21O16/c1-42(2)36-59(95-67(104)47(11)85)76(113)97-63(40-52-41-87-54-27-17-16-26-53(52)54)78(115)94-58(31-21-25-35-84)73(110)101-65(51(15)102)80(117)99-62(39-45(7)8)77(114)96-60(37-43(3)4)74(111)93-56(29-19-23-33-82)71(108)91-57(30-20-24-34-83)72(109)100-64(46(9)10)79(116)98-61(38-44(5)6)75(112)92-55(28-18-22-32-81)70(107)90-50(14)69(106)89-49(13)68(105)88-48(12)66(86)103/h16-17,26-27,41-51,55-65,87,102H,18-25,28-40,81-85H2,1-15H3,(H2,86,103)(H,88,105)(H,89,106)(H,90,107)(H,91,108)(H,92,112)(H,93,111)(H,94,115)(H,95,104)(H,96,114)(H,97,113)(H,98,116)(H,99,117)(H,100,109)(H,101,110)/t47-,48-,49-,50-,51+,55-,56-,57-,58-,59-,60-,61-,62-,63-,64-,65-/m0/s1. The van der Waals surface area contributed by atoms with Crippen molar-refractivity contribution < 1.29 is 77.0 Å². The highest BCUT2D eigenvalue weighted by Gasteiger charge is 2.39. The Bertz CT molecular complexity index is 3530. The zero-order valence-corrected chi connectivity index (χ0v) is 71.4. The molecule has 117 heavy (non-hydrogen) atoms. The highest BCUT2D eigenvalue weighted by molar-refractivity contribution is 6.01. The number of para-hydroxylation sites is 1. The normalized spacial score (nSPS) is 15.6. The number of carbonyl (C=O) groups is 15. The summed E-state index contributed by atoms with van der Waals surface area (Å²) in [4.78, 5) is 213. The number of carbonyl (C=O) groups excluding carboxylic acids is 15. The first kappa shape index (κ1) is 104. The Morgan fingerprint density at radius 2 is 0.615 bits per heavy atom. The molecule has 2 aromatic rings. The molecule has 37 heteroatoms. The minimum Gasteiger partial charge on any atom is -0.391 e. The lowest BCUT2D eigenvalue weighted by molar-refractivity contribution is -0.137. The van der Waals surface area contributed by atoms with Crippen LogP contribution in [0.3, 0.4) is 0 Å². The molecule has 0 aliphatic rings. The van der Waals surface area contributed by atoms with Crippen LogP contribution in [0.4, 0.5) is 0 Å². The van der Waals surface area contributed by atoms with Crippen LogP contribution in [-0.4, -0.2) is 222 Å². The van der Waals surface area contributed by atoms with Crippen LogP contribution in [0.15, 0.2) is 30.5 Å². The second kappa shape index (κ2) is 53.8. The van der Waals surface area contributed by atoms with E-state index in [9.17, 15) is 77.0 Å². The third-order valence-corrected chi connectivity index (χ3v) is 19.4. The molecule has 0 fully saturated rings. The van der Waals surface area contributed by atoms with Crippen molar-refractivity contribution in [3.63, 3.8) is 0 Å². The predicted octanol–water partition coefficient (Wildman–Crippen LogP) is -1.87. The van der Waals surface area contributed by atoms with Crippen LogP contribution in [0.25, 0.3) is 10.9 Å². The van der Waals surface area contributed by atoms with Gasteiger partial charge < -0.3 is 119 Å². The number of primary amides is 1. The van der Waals surface area contributed by atoms with Crippen LogP contribution in [0, 0.1) is 29.6 Å². The van der Waals surface area contributed by atoms with Crippen molar-refractivity contribution in [1.29, 1.82) is 0 Å². The van der Waals surface area contributed by atoms with E-state index in [0.717, 1.165) is 10.9 Å². The largest absolute Gasteiger partial charge is 0.391 e. The number of aromatic amines is 1. The predicted molar refractivity (Wildman–Crippen MR) is 445 cm³/mol. The maximum absolute atomic E-state index is 14.8. The molecule has 2 rings (SSSR count). The number of unbranched alkanes of at least 4 members (excludes halogenated alkanes) is 4. The summed E-state index contributed by atoms with van der Waals surface area (Å²) in [7, 11) is 0. The SMILES string of the molecule is CC(C)C[C@H](NC(=O)[C@H](C)N)C(=O)N[C@@H](Cc1c[nH]c2ccccc12)C(=O)N[C@@H](CCCCN)C(=O)N[C@H](C(=O)N[C@@H](CC(C)C)C(=O)N[C@@H](CC(C)C)C(=O)N[C@@H](CCCCN)C(=O)N[C@@H](CCCCN)C(=O)N[C@H](C(=O)N[C@@H](CC(C)C)C(=O)N[C@@H](CCCCN)C(=O)N[C@@H](C)C(=O)N[C@@H](C)C(=O)N[C@@H](C)C(N)=O)C(C)C)[C@@H](C)O. The number of aliphatic hydroxyl groups excluding tert-OH is 1. The van der Waals surface area contributed by atoms with E-state index in [-0.39, 0.29) is 108 Å². The first-order chi connectivity index (χ1) is 55.0. The van der Waals surface area contributed by atoms with E-state index in [1.54, 1.807) is 61.6 Å². The lowest BCUT2D eigenvalue weighted by Gasteiger charge is -2.30. The minimum atomic E-state index is -1.75. The Balaban J connectivity index is 2.52. The van der Waals surface area contributed by atoms with Gasteiger partial charge in [-0.25, -0.2) is 0 Å². The van der Waals surface area contributed by atoms with Crippen molar-refractivity contribution in [2.24, 2.45) is 64.0 Å². The van der Waals surface area contributed by atoms with Gasteiger partial charge in [0.1, 0.15) is 84.6 Å². The topological polar surface area (TPSA) is 617 Å². The molecule has 1 aromatic carbocycles. The van der Waals surface area contributed by atoms with Gasteiger partial charge in [0.15, 0.2) is 0 Å². The van der Waals surface area contributed by atoms with Crippen LogP contribution in [0.2, 0.25) is 0 Å². The number of amides is 15. The second-order valence-corrected chi connectivity index (χ2v) is 32.6. The van der Waals surface area contributed by atoms with Crippen molar-refractivity contribution in [3.05, 3.63) is 36.0 Å². The van der Waals surface area contributed by atoms with Crippen molar-refractivity contribution in [2.75, 3.05) is 26.2 Å². The molecule has 0 spiro atoms. The Morgan fingerprint density at radius 1 is 0.333 bits per heavy atom. The van der Waals surface area contributed by atoms with Gasteiger partial charge in [0.25, 0.3) is 0 Å². The number of hydrogen-bond donors (Lipinski definition) is 22. The monoisotopic (exact) mass is 1650 g/mol. The molecule has 1 heterocycles. The van der Waals surface area contributed by atoms with Crippen molar-refractivity contribution in [2.45, 2.75) is 310 Å². The van der Waals surface area contributed by atoms with Crippen LogP contribution < -0.4 is 109 Å². The maximum Gasteiger partial charge on any atom is 0.245 e. The Kier molecular flexibility index (Phi) is 47.7. The van der Waals surface area contributed by atoms with Crippen molar-refractivity contribution >= 4 is 99.5 Å². The number of aromatic nitrogens is 1. The van der Waals surface area contributed by atoms with E-state index in [0.29, 0.717) is 56.9 Å². The van der Waals surface area contributed by atoms with Gasteiger partial charge in [0.2, 0.25) is 88.6 Å². The fourth-order valence-electron chi connectivity index (χ4n) is 12.7. The molecule has 0 aliphatic carbocycles. The molecular weight excluding hydrogens is 1510 g/mol. The van der Waals surface area contributed by atoms with Crippen molar-refractivity contribution in [3.8, 4) is 0 Å². The number of hydrogen-bond acceptors (Lipinski definition) is 21. The third kappa shape index (κ3) is 38.2. The average Bonchev–Trinajstić information content (AvgIpc) is 1.70. The van der Waals surface area contributed by atoms with Crippen LogP contribution in [0.1, 0.15) is 212 Å². The zero-order valence-electron chi connectivity index (χ0n) is 71.4. The molecule has 0 unspecified atom stereocenters. The number of fused-ring (bicyclic) bond motifs is 1. The lowest BCUT2D eigenvalue weighted by Crippen LogP contribution is -2.62. The summed E-state index contributed by atoms with van der Waals surface area (Å²) in [6, 6.07) is -11.9. The summed E-state index contributed by atoms with van der Waals surface area (Å²) in [5, 5.41) is 49.5. The maximum atomic E-state index is 14.8. The summed E-state index contributed by atoms with van der Waals surface area (Å²) in [6.45, 7) is 25.5. The van der Waals surface area contributed by atoms with Crippen LogP contribution >= 0.6 is 0 Å². The number of rotatable bonds is 57. The van der Waals surface area contributed by atoms with E-state index in [2.05, 4.69) is 79.4 Å². The zero-order chi connectivity index (χ0) is 88.5. The van der Waals surface area contributed by atoms with Gasteiger partial charge in [-0.2, -0.15) is 0 Å². The van der Waals surface area contributed by atoms with E-state index in [1.165, 1.54) is 34.6 Å².